The van der Waals surface area contributed by atoms with Crippen LogP contribution in [0.3, 0.4) is 0 Å². The topological polar surface area (TPSA) is 89.0 Å². The lowest BCUT2D eigenvalue weighted by Crippen LogP contribution is -2.25. The highest BCUT2D eigenvalue weighted by Crippen LogP contribution is 2.22. The smallest absolute Gasteiger partial charge is 0.344 e. The van der Waals surface area contributed by atoms with Crippen LogP contribution in [-0.2, 0) is 16.1 Å². The number of hydrogen-bond donors (Lipinski definition) is 2. The maximum absolute atomic E-state index is 12.3. The number of rotatable bonds is 7. The zero-order valence-electron chi connectivity index (χ0n) is 15.8. The van der Waals surface area contributed by atoms with E-state index in [0.717, 1.165) is 36.3 Å². The number of thioether (sulfide) groups is 1. The fraction of sp³-hybridized carbons (Fsp3) is 0.286. The van der Waals surface area contributed by atoms with E-state index in [9.17, 15) is 9.59 Å². The maximum atomic E-state index is 12.3. The number of H-pyrrole nitrogens is 1. The summed E-state index contributed by atoms with van der Waals surface area (Å²) in [6, 6.07) is 17.8. The van der Waals surface area contributed by atoms with Crippen molar-refractivity contribution in [3.8, 4) is 11.1 Å². The quantitative estimate of drug-likeness (QED) is 0.584. The Kier molecular flexibility index (Phi) is 6.12. The van der Waals surface area contributed by atoms with Gasteiger partial charge in [-0.05, 0) is 36.1 Å². The average Bonchev–Trinajstić information content (AvgIpc) is 3.39. The van der Waals surface area contributed by atoms with Gasteiger partial charge >= 0.3 is 5.69 Å². The number of ether oxygens (including phenoxy) is 1. The highest BCUT2D eigenvalue weighted by Gasteiger charge is 2.20. The van der Waals surface area contributed by atoms with Gasteiger partial charge in [0, 0.05) is 12.3 Å². The molecule has 0 radical (unpaired) electrons. The number of anilines is 1. The van der Waals surface area contributed by atoms with Crippen LogP contribution < -0.4 is 11.0 Å². The molecule has 1 atom stereocenters. The summed E-state index contributed by atoms with van der Waals surface area (Å²) in [6.07, 6.45) is 1.97. The normalized spacial score (nSPS) is 16.1. The van der Waals surface area contributed by atoms with Crippen molar-refractivity contribution >= 4 is 23.4 Å². The molecule has 2 N–H and O–H groups in total. The third kappa shape index (κ3) is 4.96. The number of aromatic amines is 1. The van der Waals surface area contributed by atoms with Gasteiger partial charge < -0.3 is 10.1 Å². The third-order valence-corrected chi connectivity index (χ3v) is 5.72. The van der Waals surface area contributed by atoms with E-state index in [-0.39, 0.29) is 23.5 Å². The summed E-state index contributed by atoms with van der Waals surface area (Å²) in [4.78, 5) is 24.3. The molecule has 150 valence electrons. The lowest BCUT2D eigenvalue weighted by molar-refractivity contribution is -0.113. The van der Waals surface area contributed by atoms with Crippen LogP contribution in [0.4, 0.5) is 5.69 Å². The van der Waals surface area contributed by atoms with Crippen molar-refractivity contribution in [3.63, 3.8) is 0 Å². The van der Waals surface area contributed by atoms with Crippen LogP contribution in [-0.4, -0.2) is 39.1 Å². The van der Waals surface area contributed by atoms with Crippen LogP contribution >= 0.6 is 11.8 Å². The van der Waals surface area contributed by atoms with Crippen molar-refractivity contribution in [2.24, 2.45) is 0 Å². The van der Waals surface area contributed by atoms with Crippen molar-refractivity contribution in [1.82, 2.24) is 14.8 Å². The molecule has 0 aliphatic carbocycles. The van der Waals surface area contributed by atoms with E-state index in [1.165, 1.54) is 11.8 Å². The largest absolute Gasteiger partial charge is 0.376 e. The number of nitrogens with one attached hydrogen (secondary N) is 2. The third-order valence-electron chi connectivity index (χ3n) is 4.74. The Morgan fingerprint density at radius 3 is 2.66 bits per heavy atom. The molecule has 1 aliphatic rings. The van der Waals surface area contributed by atoms with E-state index in [0.29, 0.717) is 11.7 Å². The molecule has 7 nitrogen and oxygen atoms in total. The predicted molar refractivity (Wildman–Crippen MR) is 113 cm³/mol. The average molecular weight is 410 g/mol. The Hall–Kier alpha value is -2.84. The summed E-state index contributed by atoms with van der Waals surface area (Å²) in [6.45, 7) is 1.19. The van der Waals surface area contributed by atoms with Crippen molar-refractivity contribution in [2.45, 2.75) is 30.6 Å². The van der Waals surface area contributed by atoms with Gasteiger partial charge in [0.1, 0.15) is 0 Å². The van der Waals surface area contributed by atoms with Crippen LogP contribution in [0, 0.1) is 0 Å². The Balaban J connectivity index is 1.33. The van der Waals surface area contributed by atoms with Gasteiger partial charge in [-0.2, -0.15) is 0 Å². The fourth-order valence-corrected chi connectivity index (χ4v) is 4.03. The van der Waals surface area contributed by atoms with Crippen LogP contribution in [0.25, 0.3) is 11.1 Å². The molecule has 29 heavy (non-hydrogen) atoms. The van der Waals surface area contributed by atoms with E-state index in [2.05, 4.69) is 15.5 Å². The minimum absolute atomic E-state index is 0.0293. The number of carbonyl (C=O) groups excluding carboxylic acids is 1. The van der Waals surface area contributed by atoms with Gasteiger partial charge in [0.25, 0.3) is 0 Å². The molecule has 1 aliphatic heterocycles. The Morgan fingerprint density at radius 1 is 1.17 bits per heavy atom. The zero-order valence-corrected chi connectivity index (χ0v) is 16.7. The van der Waals surface area contributed by atoms with Gasteiger partial charge in [-0.25, -0.2) is 9.89 Å². The van der Waals surface area contributed by atoms with E-state index >= 15 is 0 Å². The molecule has 1 fully saturated rings. The minimum Gasteiger partial charge on any atom is -0.376 e. The molecule has 3 aromatic rings. The summed E-state index contributed by atoms with van der Waals surface area (Å²) >= 11 is 1.23. The van der Waals surface area contributed by atoms with Crippen molar-refractivity contribution in [3.05, 3.63) is 65.1 Å². The first-order chi connectivity index (χ1) is 14.2. The second-order valence-electron chi connectivity index (χ2n) is 6.84. The van der Waals surface area contributed by atoms with Gasteiger partial charge in [-0.15, -0.1) is 5.10 Å². The molecule has 0 saturated carbocycles. The summed E-state index contributed by atoms with van der Waals surface area (Å²) in [5.41, 5.74) is 2.67. The summed E-state index contributed by atoms with van der Waals surface area (Å²) in [5.74, 6) is 0.0116. The molecule has 1 amide bonds. The molecule has 1 saturated heterocycles. The SMILES string of the molecule is O=C(CSc1n[nH]c(=O)n1C[C@@H]1CCCO1)Nc1ccc(-c2ccccc2)cc1. The fourth-order valence-electron chi connectivity index (χ4n) is 3.27. The standard InChI is InChI=1S/C21H22N4O3S/c26-19(22-17-10-8-16(9-11-17)15-5-2-1-3-6-15)14-29-21-24-23-20(27)25(21)13-18-7-4-12-28-18/h1-3,5-6,8-11,18H,4,7,12-14H2,(H,22,26)(H,23,27)/t18-/m0/s1. The van der Waals surface area contributed by atoms with E-state index < -0.39 is 0 Å². The van der Waals surface area contributed by atoms with Gasteiger partial charge in [-0.1, -0.05) is 54.2 Å². The first kappa shape index (κ1) is 19.5. The van der Waals surface area contributed by atoms with Crippen LogP contribution in [0.5, 0.6) is 0 Å². The number of carbonyl (C=O) groups is 1. The molecule has 8 heteroatoms. The monoisotopic (exact) mass is 410 g/mol. The van der Waals surface area contributed by atoms with Crippen LogP contribution in [0.15, 0.2) is 64.5 Å². The van der Waals surface area contributed by atoms with Gasteiger partial charge in [0.05, 0.1) is 18.4 Å². The maximum Gasteiger partial charge on any atom is 0.344 e. The zero-order chi connectivity index (χ0) is 20.1. The lowest BCUT2D eigenvalue weighted by Gasteiger charge is -2.11. The second kappa shape index (κ2) is 9.11. The predicted octanol–water partition coefficient (Wildman–Crippen LogP) is 3.15. The Bertz CT molecular complexity index is 1010. The summed E-state index contributed by atoms with van der Waals surface area (Å²) in [7, 11) is 0. The van der Waals surface area contributed by atoms with Gasteiger partial charge in [-0.3, -0.25) is 9.36 Å². The molecular formula is C21H22N4O3S. The molecule has 4 rings (SSSR count). The number of benzene rings is 2. The number of nitrogens with zero attached hydrogens (tertiary/aromatic N) is 2. The van der Waals surface area contributed by atoms with Crippen LogP contribution in [0.2, 0.25) is 0 Å². The van der Waals surface area contributed by atoms with E-state index in [1.807, 2.05) is 54.6 Å². The van der Waals surface area contributed by atoms with Gasteiger partial charge in [0.2, 0.25) is 5.91 Å². The Morgan fingerprint density at radius 2 is 1.93 bits per heavy atom. The van der Waals surface area contributed by atoms with Crippen molar-refractivity contribution in [2.75, 3.05) is 17.7 Å². The molecule has 0 spiro atoms. The lowest BCUT2D eigenvalue weighted by atomic mass is 10.1. The molecule has 2 aromatic carbocycles. The van der Waals surface area contributed by atoms with Crippen molar-refractivity contribution in [1.29, 1.82) is 0 Å². The van der Waals surface area contributed by atoms with Gasteiger partial charge in [0.15, 0.2) is 5.16 Å². The summed E-state index contributed by atoms with van der Waals surface area (Å²) < 4.78 is 7.14. The molecule has 2 heterocycles. The second-order valence-corrected chi connectivity index (χ2v) is 7.78. The number of aromatic nitrogens is 3. The molecule has 0 bridgehead atoms. The highest BCUT2D eigenvalue weighted by molar-refractivity contribution is 7.99. The molecular weight excluding hydrogens is 388 g/mol. The van der Waals surface area contributed by atoms with Crippen LogP contribution in [0.1, 0.15) is 12.8 Å². The first-order valence-corrected chi connectivity index (χ1v) is 10.5. The summed E-state index contributed by atoms with van der Waals surface area (Å²) in [5, 5.41) is 9.87. The minimum atomic E-state index is -0.278. The molecule has 1 aromatic heterocycles. The van der Waals surface area contributed by atoms with Crippen molar-refractivity contribution < 1.29 is 9.53 Å². The van der Waals surface area contributed by atoms with E-state index in [4.69, 9.17) is 4.74 Å². The number of hydrogen-bond acceptors (Lipinski definition) is 5. The number of amides is 1. The highest BCUT2D eigenvalue weighted by atomic mass is 32.2. The van der Waals surface area contributed by atoms with E-state index in [1.54, 1.807) is 4.57 Å². The first-order valence-electron chi connectivity index (χ1n) is 9.54. The molecule has 0 unspecified atom stereocenters. The Labute approximate surface area is 172 Å².